The fraction of sp³-hybridized carbons (Fsp3) is 0.350. The minimum atomic E-state index is -0.882. The van der Waals surface area contributed by atoms with Gasteiger partial charge in [-0.25, -0.2) is 4.79 Å². The van der Waals surface area contributed by atoms with Crippen LogP contribution in [0.1, 0.15) is 35.7 Å². The van der Waals surface area contributed by atoms with Gasteiger partial charge in [-0.1, -0.05) is 49.4 Å². The molecule has 1 aliphatic rings. The molecular weight excluding hydrogens is 286 g/mol. The van der Waals surface area contributed by atoms with E-state index in [4.69, 9.17) is 0 Å². The predicted molar refractivity (Wildman–Crippen MR) is 92.5 cm³/mol. The van der Waals surface area contributed by atoms with Gasteiger partial charge in [0, 0.05) is 6.54 Å². The Kier molecular flexibility index (Phi) is 4.77. The Bertz CT molecular complexity index is 670. The van der Waals surface area contributed by atoms with Gasteiger partial charge in [0.15, 0.2) is 0 Å². The maximum atomic E-state index is 11.3. The van der Waals surface area contributed by atoms with Crippen LogP contribution in [-0.2, 0) is 6.54 Å². The lowest BCUT2D eigenvalue weighted by Gasteiger charge is -2.30. The van der Waals surface area contributed by atoms with Crippen molar-refractivity contribution in [2.45, 2.75) is 26.3 Å². The predicted octanol–water partition coefficient (Wildman–Crippen LogP) is 4.28. The average Bonchev–Trinajstić information content (AvgIpc) is 2.58. The van der Waals surface area contributed by atoms with Crippen molar-refractivity contribution in [3.8, 4) is 11.1 Å². The summed E-state index contributed by atoms with van der Waals surface area (Å²) < 4.78 is 0. The summed E-state index contributed by atoms with van der Waals surface area (Å²) in [5.74, 6) is -0.0340. The molecule has 0 spiro atoms. The highest BCUT2D eigenvalue weighted by molar-refractivity contribution is 5.95. The van der Waals surface area contributed by atoms with E-state index in [9.17, 15) is 9.90 Å². The highest BCUT2D eigenvalue weighted by Gasteiger charge is 2.16. The molecule has 2 aromatic carbocycles. The zero-order chi connectivity index (χ0) is 16.2. The first kappa shape index (κ1) is 15.8. The number of carboxylic acid groups (broad SMARTS) is 1. The summed E-state index contributed by atoms with van der Waals surface area (Å²) in [6.07, 6.45) is 2.56. The van der Waals surface area contributed by atoms with Gasteiger partial charge < -0.3 is 5.11 Å². The van der Waals surface area contributed by atoms with Gasteiger partial charge >= 0.3 is 5.97 Å². The molecule has 1 heterocycles. The molecule has 0 saturated carbocycles. The van der Waals surface area contributed by atoms with Crippen LogP contribution < -0.4 is 0 Å². The number of hydrogen-bond donors (Lipinski definition) is 1. The lowest BCUT2D eigenvalue weighted by Crippen LogP contribution is -2.32. The third-order valence-electron chi connectivity index (χ3n) is 4.70. The smallest absolute Gasteiger partial charge is 0.336 e. The Morgan fingerprint density at radius 3 is 2.39 bits per heavy atom. The second-order valence-corrected chi connectivity index (χ2v) is 6.51. The SMILES string of the molecule is CC1CCN(Cc2ccc(-c3ccccc3C(=O)O)cc2)CC1. The van der Waals surface area contributed by atoms with Crippen LogP contribution in [0.3, 0.4) is 0 Å². The summed E-state index contributed by atoms with van der Waals surface area (Å²) in [7, 11) is 0. The fourth-order valence-electron chi connectivity index (χ4n) is 3.19. The van der Waals surface area contributed by atoms with Crippen LogP contribution in [0.5, 0.6) is 0 Å². The van der Waals surface area contributed by atoms with E-state index < -0.39 is 5.97 Å². The van der Waals surface area contributed by atoms with Crippen LogP contribution in [0.15, 0.2) is 48.5 Å². The van der Waals surface area contributed by atoms with E-state index in [0.717, 1.165) is 23.6 Å². The monoisotopic (exact) mass is 309 g/mol. The summed E-state index contributed by atoms with van der Waals surface area (Å²) in [4.78, 5) is 13.8. The number of hydrogen-bond acceptors (Lipinski definition) is 2. The van der Waals surface area contributed by atoms with E-state index in [1.54, 1.807) is 12.1 Å². The third-order valence-corrected chi connectivity index (χ3v) is 4.70. The zero-order valence-electron chi connectivity index (χ0n) is 13.5. The first-order valence-electron chi connectivity index (χ1n) is 8.27. The first-order valence-corrected chi connectivity index (χ1v) is 8.27. The molecule has 120 valence electrons. The van der Waals surface area contributed by atoms with Crippen molar-refractivity contribution in [1.29, 1.82) is 0 Å². The van der Waals surface area contributed by atoms with Crippen molar-refractivity contribution in [1.82, 2.24) is 4.90 Å². The number of aromatic carboxylic acids is 1. The van der Waals surface area contributed by atoms with Crippen LogP contribution in [0, 0.1) is 5.92 Å². The molecule has 3 nitrogen and oxygen atoms in total. The Balaban J connectivity index is 1.74. The first-order chi connectivity index (χ1) is 11.1. The van der Waals surface area contributed by atoms with Gasteiger partial charge in [0.25, 0.3) is 0 Å². The Hall–Kier alpha value is -2.13. The van der Waals surface area contributed by atoms with Crippen molar-refractivity contribution in [2.24, 2.45) is 5.92 Å². The van der Waals surface area contributed by atoms with Gasteiger partial charge in [-0.15, -0.1) is 0 Å². The maximum absolute atomic E-state index is 11.3. The second kappa shape index (κ2) is 6.97. The third kappa shape index (κ3) is 3.80. The number of nitrogens with zero attached hydrogens (tertiary/aromatic N) is 1. The molecule has 0 aromatic heterocycles. The Morgan fingerprint density at radius 1 is 1.09 bits per heavy atom. The van der Waals surface area contributed by atoms with Crippen molar-refractivity contribution in [3.63, 3.8) is 0 Å². The van der Waals surface area contributed by atoms with Gasteiger partial charge in [-0.05, 0) is 54.6 Å². The normalized spacial score (nSPS) is 16.4. The Morgan fingerprint density at radius 2 is 1.74 bits per heavy atom. The van der Waals surface area contributed by atoms with E-state index in [1.807, 2.05) is 24.3 Å². The minimum absolute atomic E-state index is 0.352. The van der Waals surface area contributed by atoms with Gasteiger partial charge in [0.05, 0.1) is 5.56 Å². The van der Waals surface area contributed by atoms with Crippen LogP contribution in [-0.4, -0.2) is 29.1 Å². The molecule has 0 unspecified atom stereocenters. The minimum Gasteiger partial charge on any atom is -0.478 e. The largest absolute Gasteiger partial charge is 0.478 e. The second-order valence-electron chi connectivity index (χ2n) is 6.51. The quantitative estimate of drug-likeness (QED) is 0.916. The van der Waals surface area contributed by atoms with E-state index in [-0.39, 0.29) is 0 Å². The molecule has 3 heteroatoms. The fourth-order valence-corrected chi connectivity index (χ4v) is 3.19. The van der Waals surface area contributed by atoms with Gasteiger partial charge in [0.1, 0.15) is 0 Å². The molecule has 0 atom stereocenters. The van der Waals surface area contributed by atoms with E-state index >= 15 is 0 Å². The molecule has 0 aliphatic carbocycles. The van der Waals surface area contributed by atoms with Crippen LogP contribution in [0.4, 0.5) is 0 Å². The molecule has 0 radical (unpaired) electrons. The number of piperidine rings is 1. The highest BCUT2D eigenvalue weighted by Crippen LogP contribution is 2.25. The number of rotatable bonds is 4. The van der Waals surface area contributed by atoms with Crippen molar-refractivity contribution in [3.05, 3.63) is 59.7 Å². The molecule has 0 amide bonds. The molecule has 1 saturated heterocycles. The average molecular weight is 309 g/mol. The lowest BCUT2D eigenvalue weighted by molar-refractivity contribution is 0.0697. The molecule has 1 aliphatic heterocycles. The van der Waals surface area contributed by atoms with Gasteiger partial charge in [0.2, 0.25) is 0 Å². The number of carbonyl (C=O) groups is 1. The molecule has 23 heavy (non-hydrogen) atoms. The van der Waals surface area contributed by atoms with E-state index in [0.29, 0.717) is 5.56 Å². The highest BCUT2D eigenvalue weighted by atomic mass is 16.4. The number of benzene rings is 2. The van der Waals surface area contributed by atoms with Gasteiger partial charge in [-0.2, -0.15) is 0 Å². The summed E-state index contributed by atoms with van der Waals surface area (Å²) >= 11 is 0. The number of likely N-dealkylation sites (tertiary alicyclic amines) is 1. The van der Waals surface area contributed by atoms with Crippen molar-refractivity contribution < 1.29 is 9.90 Å². The number of carboxylic acids is 1. The van der Waals surface area contributed by atoms with Gasteiger partial charge in [-0.3, -0.25) is 4.90 Å². The molecular formula is C20H23NO2. The molecule has 0 bridgehead atoms. The van der Waals surface area contributed by atoms with Crippen LogP contribution >= 0.6 is 0 Å². The van der Waals surface area contributed by atoms with Crippen molar-refractivity contribution >= 4 is 5.97 Å². The summed E-state index contributed by atoms with van der Waals surface area (Å²) in [6, 6.07) is 15.5. The standard InChI is InChI=1S/C20H23NO2/c1-15-10-12-21(13-11-15)14-16-6-8-17(9-7-16)18-4-2-3-5-19(18)20(22)23/h2-9,15H,10-14H2,1H3,(H,22,23). The van der Waals surface area contributed by atoms with Crippen LogP contribution in [0.2, 0.25) is 0 Å². The summed E-state index contributed by atoms with van der Waals surface area (Å²) in [6.45, 7) is 5.65. The molecule has 2 aromatic rings. The molecule has 3 rings (SSSR count). The summed E-state index contributed by atoms with van der Waals surface area (Å²) in [5, 5.41) is 9.31. The van der Waals surface area contributed by atoms with Crippen molar-refractivity contribution in [2.75, 3.05) is 13.1 Å². The maximum Gasteiger partial charge on any atom is 0.336 e. The lowest BCUT2D eigenvalue weighted by atomic mass is 9.97. The van der Waals surface area contributed by atoms with E-state index in [1.165, 1.54) is 31.5 Å². The summed E-state index contributed by atoms with van der Waals surface area (Å²) in [5.41, 5.74) is 3.37. The molecule has 1 N–H and O–H groups in total. The topological polar surface area (TPSA) is 40.5 Å². The van der Waals surface area contributed by atoms with E-state index in [2.05, 4.69) is 24.0 Å². The molecule has 1 fully saturated rings. The zero-order valence-corrected chi connectivity index (χ0v) is 13.5. The van der Waals surface area contributed by atoms with Crippen LogP contribution in [0.25, 0.3) is 11.1 Å². The Labute approximate surface area is 137 Å².